The molecule has 0 aromatic carbocycles. The molecular formula is C16H19N5O3. The number of pyridine rings is 1. The number of aromatic nitrogens is 3. The molecule has 0 atom stereocenters. The Morgan fingerprint density at radius 3 is 2.58 bits per heavy atom. The minimum Gasteiger partial charge on any atom is -0.476 e. The van der Waals surface area contributed by atoms with Gasteiger partial charge in [0, 0.05) is 52.2 Å². The number of rotatable bonds is 4. The molecule has 3 heterocycles. The number of carboxylic acid groups (broad SMARTS) is 1. The monoisotopic (exact) mass is 329 g/mol. The van der Waals surface area contributed by atoms with Gasteiger partial charge in [-0.3, -0.25) is 19.4 Å². The van der Waals surface area contributed by atoms with Crippen molar-refractivity contribution in [2.24, 2.45) is 7.05 Å². The van der Waals surface area contributed by atoms with E-state index in [1.807, 2.05) is 18.2 Å². The number of nitrogens with zero attached hydrogens (tertiary/aromatic N) is 5. The highest BCUT2D eigenvalue weighted by atomic mass is 16.4. The van der Waals surface area contributed by atoms with Crippen LogP contribution in [0.5, 0.6) is 0 Å². The van der Waals surface area contributed by atoms with Crippen LogP contribution in [0.3, 0.4) is 0 Å². The lowest BCUT2D eigenvalue weighted by molar-refractivity contribution is 0.0606. The van der Waals surface area contributed by atoms with Crippen LogP contribution in [-0.4, -0.2) is 67.7 Å². The Labute approximate surface area is 139 Å². The molecule has 8 nitrogen and oxygen atoms in total. The van der Waals surface area contributed by atoms with E-state index in [0.29, 0.717) is 13.1 Å². The van der Waals surface area contributed by atoms with Gasteiger partial charge in [-0.25, -0.2) is 4.79 Å². The van der Waals surface area contributed by atoms with Crippen LogP contribution >= 0.6 is 0 Å². The summed E-state index contributed by atoms with van der Waals surface area (Å²) in [5.74, 6) is -1.47. The fourth-order valence-corrected chi connectivity index (χ4v) is 2.80. The fraction of sp³-hybridized carbons (Fsp3) is 0.375. The Kier molecular flexibility index (Phi) is 4.57. The zero-order chi connectivity index (χ0) is 17.1. The van der Waals surface area contributed by atoms with Crippen LogP contribution in [0.25, 0.3) is 0 Å². The normalized spacial score (nSPS) is 15.5. The Morgan fingerprint density at radius 1 is 1.21 bits per heavy atom. The number of hydrogen-bond acceptors (Lipinski definition) is 5. The molecule has 2 aromatic rings. The maximum Gasteiger partial charge on any atom is 0.357 e. The van der Waals surface area contributed by atoms with E-state index in [4.69, 9.17) is 0 Å². The molecule has 1 aliphatic heterocycles. The Balaban J connectivity index is 1.62. The second-order valence-electron chi connectivity index (χ2n) is 5.76. The van der Waals surface area contributed by atoms with Gasteiger partial charge >= 0.3 is 5.97 Å². The number of carbonyl (C=O) groups is 2. The van der Waals surface area contributed by atoms with Gasteiger partial charge in [-0.05, 0) is 12.1 Å². The first-order valence-corrected chi connectivity index (χ1v) is 7.73. The summed E-state index contributed by atoms with van der Waals surface area (Å²) in [7, 11) is 1.61. The predicted molar refractivity (Wildman–Crippen MR) is 85.6 cm³/mol. The van der Waals surface area contributed by atoms with Gasteiger partial charge in [0.15, 0.2) is 5.69 Å². The van der Waals surface area contributed by atoms with Crippen molar-refractivity contribution in [1.82, 2.24) is 24.6 Å². The zero-order valence-corrected chi connectivity index (χ0v) is 13.4. The summed E-state index contributed by atoms with van der Waals surface area (Å²) in [4.78, 5) is 32.0. The SMILES string of the molecule is Cn1cc(C(=O)N2CCN(Cc3ccccn3)CC2)c(C(=O)O)n1. The van der Waals surface area contributed by atoms with Crippen LogP contribution in [0.2, 0.25) is 0 Å². The number of aromatic carboxylic acids is 1. The average Bonchev–Trinajstić information content (AvgIpc) is 2.98. The van der Waals surface area contributed by atoms with Crippen molar-refractivity contribution >= 4 is 11.9 Å². The Hall–Kier alpha value is -2.74. The van der Waals surface area contributed by atoms with E-state index in [9.17, 15) is 14.7 Å². The zero-order valence-electron chi connectivity index (χ0n) is 13.4. The van der Waals surface area contributed by atoms with Crippen LogP contribution < -0.4 is 0 Å². The smallest absolute Gasteiger partial charge is 0.357 e. The maximum atomic E-state index is 12.6. The molecule has 0 saturated carbocycles. The van der Waals surface area contributed by atoms with E-state index >= 15 is 0 Å². The number of carbonyl (C=O) groups excluding carboxylic acids is 1. The molecule has 0 radical (unpaired) electrons. The summed E-state index contributed by atoms with van der Waals surface area (Å²) >= 11 is 0. The molecule has 0 spiro atoms. The standard InChI is InChI=1S/C16H19N5O3/c1-19-11-13(14(18-19)16(23)24)15(22)21-8-6-20(7-9-21)10-12-4-2-3-5-17-12/h2-5,11H,6-10H2,1H3,(H,23,24). The van der Waals surface area contributed by atoms with Crippen molar-refractivity contribution in [3.05, 3.63) is 47.5 Å². The highest BCUT2D eigenvalue weighted by molar-refractivity contribution is 6.03. The Bertz CT molecular complexity index is 735. The van der Waals surface area contributed by atoms with Crippen LogP contribution in [0.15, 0.2) is 30.6 Å². The molecule has 0 unspecified atom stereocenters. The molecule has 1 amide bonds. The van der Waals surface area contributed by atoms with Gasteiger partial charge < -0.3 is 10.0 Å². The minimum absolute atomic E-state index is 0.142. The summed E-state index contributed by atoms with van der Waals surface area (Å²) in [5.41, 5.74) is 0.944. The van der Waals surface area contributed by atoms with Gasteiger partial charge in [0.05, 0.1) is 11.3 Å². The first kappa shape index (κ1) is 16.1. The van der Waals surface area contributed by atoms with Crippen molar-refractivity contribution in [3.8, 4) is 0 Å². The van der Waals surface area contributed by atoms with E-state index in [0.717, 1.165) is 25.3 Å². The summed E-state index contributed by atoms with van der Waals surface area (Å²) < 4.78 is 1.36. The minimum atomic E-state index is -1.19. The highest BCUT2D eigenvalue weighted by Crippen LogP contribution is 2.13. The molecule has 1 saturated heterocycles. The third-order valence-corrected chi connectivity index (χ3v) is 4.03. The number of hydrogen-bond donors (Lipinski definition) is 1. The highest BCUT2D eigenvalue weighted by Gasteiger charge is 2.27. The van der Waals surface area contributed by atoms with Crippen LogP contribution in [0.1, 0.15) is 26.5 Å². The molecule has 1 N–H and O–H groups in total. The van der Waals surface area contributed by atoms with Crippen molar-refractivity contribution in [1.29, 1.82) is 0 Å². The second kappa shape index (κ2) is 6.79. The van der Waals surface area contributed by atoms with Gasteiger partial charge in [0.25, 0.3) is 5.91 Å². The van der Waals surface area contributed by atoms with Gasteiger partial charge in [-0.15, -0.1) is 0 Å². The van der Waals surface area contributed by atoms with E-state index in [-0.39, 0.29) is 17.2 Å². The van der Waals surface area contributed by atoms with Crippen molar-refractivity contribution in [2.45, 2.75) is 6.54 Å². The number of amides is 1. The van der Waals surface area contributed by atoms with Gasteiger partial charge in [0.1, 0.15) is 0 Å². The fourth-order valence-electron chi connectivity index (χ4n) is 2.80. The van der Waals surface area contributed by atoms with Gasteiger partial charge in [-0.2, -0.15) is 5.10 Å². The van der Waals surface area contributed by atoms with Gasteiger partial charge in [0.2, 0.25) is 0 Å². The van der Waals surface area contributed by atoms with Crippen molar-refractivity contribution in [2.75, 3.05) is 26.2 Å². The lowest BCUT2D eigenvalue weighted by Gasteiger charge is -2.34. The van der Waals surface area contributed by atoms with Crippen LogP contribution in [-0.2, 0) is 13.6 Å². The van der Waals surface area contributed by atoms with Crippen LogP contribution in [0.4, 0.5) is 0 Å². The van der Waals surface area contributed by atoms with E-state index < -0.39 is 5.97 Å². The molecule has 3 rings (SSSR count). The van der Waals surface area contributed by atoms with Gasteiger partial charge in [-0.1, -0.05) is 6.07 Å². The quantitative estimate of drug-likeness (QED) is 0.877. The molecular weight excluding hydrogens is 310 g/mol. The predicted octanol–water partition coefficient (Wildman–Crippen LogP) is 0.471. The number of carboxylic acids is 1. The summed E-state index contributed by atoms with van der Waals surface area (Å²) in [6.45, 7) is 3.31. The molecule has 24 heavy (non-hydrogen) atoms. The van der Waals surface area contributed by atoms with E-state index in [1.165, 1.54) is 10.9 Å². The lowest BCUT2D eigenvalue weighted by Crippen LogP contribution is -2.48. The average molecular weight is 329 g/mol. The third-order valence-electron chi connectivity index (χ3n) is 4.03. The molecule has 8 heteroatoms. The van der Waals surface area contributed by atoms with Crippen molar-refractivity contribution in [3.63, 3.8) is 0 Å². The number of piperazine rings is 1. The first-order valence-electron chi connectivity index (χ1n) is 7.73. The third kappa shape index (κ3) is 3.43. The molecule has 1 aliphatic rings. The Morgan fingerprint density at radius 2 is 1.96 bits per heavy atom. The summed E-state index contributed by atoms with van der Waals surface area (Å²) in [6, 6.07) is 5.82. The molecule has 0 aliphatic carbocycles. The summed E-state index contributed by atoms with van der Waals surface area (Å²) in [5, 5.41) is 13.0. The topological polar surface area (TPSA) is 91.6 Å². The van der Waals surface area contributed by atoms with E-state index in [1.54, 1.807) is 18.1 Å². The second-order valence-corrected chi connectivity index (χ2v) is 5.76. The molecule has 126 valence electrons. The largest absolute Gasteiger partial charge is 0.476 e. The first-order chi connectivity index (χ1) is 11.5. The van der Waals surface area contributed by atoms with E-state index in [2.05, 4.69) is 15.0 Å². The lowest BCUT2D eigenvalue weighted by atomic mass is 10.2. The van der Waals surface area contributed by atoms with Crippen LogP contribution in [0, 0.1) is 0 Å². The van der Waals surface area contributed by atoms with Crippen molar-refractivity contribution < 1.29 is 14.7 Å². The molecule has 0 bridgehead atoms. The molecule has 1 fully saturated rings. The maximum absolute atomic E-state index is 12.6. The molecule has 2 aromatic heterocycles. The number of aryl methyl sites for hydroxylation is 1. The summed E-state index contributed by atoms with van der Waals surface area (Å²) in [6.07, 6.45) is 3.23.